The second-order valence-corrected chi connectivity index (χ2v) is 8.00. The first-order valence-corrected chi connectivity index (χ1v) is 10.9. The lowest BCUT2D eigenvalue weighted by Gasteiger charge is -2.30. The summed E-state index contributed by atoms with van der Waals surface area (Å²) in [5.41, 5.74) is 4.87. The maximum atomic E-state index is 5.54. The molecule has 1 unspecified atom stereocenters. The van der Waals surface area contributed by atoms with Crippen molar-refractivity contribution in [3.05, 3.63) is 70.5 Å². The zero-order valence-corrected chi connectivity index (χ0v) is 18.3. The SMILES string of the molecule is Cc1ccccc1NC1=NC(N2CCOCC2)C=c2[nH]c(Nc3ccccc3C)nc2=N1. The Morgan fingerprint density at radius 3 is 2.28 bits per heavy atom. The van der Waals surface area contributed by atoms with Gasteiger partial charge >= 0.3 is 0 Å². The van der Waals surface area contributed by atoms with Crippen LogP contribution in [0, 0.1) is 13.8 Å². The molecule has 0 aliphatic carbocycles. The minimum atomic E-state index is -0.165. The van der Waals surface area contributed by atoms with E-state index >= 15 is 0 Å². The van der Waals surface area contributed by atoms with Crippen LogP contribution < -0.4 is 21.5 Å². The maximum Gasteiger partial charge on any atom is 0.226 e. The van der Waals surface area contributed by atoms with Crippen molar-refractivity contribution >= 4 is 29.4 Å². The molecule has 0 amide bonds. The van der Waals surface area contributed by atoms with Gasteiger partial charge < -0.3 is 20.4 Å². The number of para-hydroxylation sites is 2. The largest absolute Gasteiger partial charge is 0.379 e. The van der Waals surface area contributed by atoms with Gasteiger partial charge in [0.1, 0.15) is 6.17 Å². The molecule has 32 heavy (non-hydrogen) atoms. The third-order valence-corrected chi connectivity index (χ3v) is 5.70. The lowest BCUT2D eigenvalue weighted by atomic mass is 10.2. The van der Waals surface area contributed by atoms with E-state index in [4.69, 9.17) is 19.7 Å². The Balaban J connectivity index is 1.53. The van der Waals surface area contributed by atoms with Crippen molar-refractivity contribution in [2.24, 2.45) is 9.98 Å². The first kappa shape index (κ1) is 20.4. The number of ether oxygens (including phenoxy) is 1. The van der Waals surface area contributed by atoms with Gasteiger partial charge in [0, 0.05) is 24.5 Å². The number of aliphatic imine (C=N–C) groups is 1. The van der Waals surface area contributed by atoms with Crippen LogP contribution in [0.5, 0.6) is 0 Å². The minimum Gasteiger partial charge on any atom is -0.379 e. The summed E-state index contributed by atoms with van der Waals surface area (Å²) in [6.45, 7) is 7.18. The van der Waals surface area contributed by atoms with Crippen molar-refractivity contribution < 1.29 is 4.74 Å². The smallest absolute Gasteiger partial charge is 0.226 e. The average molecular weight is 430 g/mol. The van der Waals surface area contributed by atoms with Gasteiger partial charge in [0.15, 0.2) is 5.49 Å². The summed E-state index contributed by atoms with van der Waals surface area (Å²) in [4.78, 5) is 20.1. The van der Waals surface area contributed by atoms with Gasteiger partial charge in [0.2, 0.25) is 11.9 Å². The number of imidazole rings is 1. The molecule has 5 rings (SSSR count). The molecule has 3 N–H and O–H groups in total. The summed E-state index contributed by atoms with van der Waals surface area (Å²) in [7, 11) is 0. The van der Waals surface area contributed by atoms with E-state index in [2.05, 4.69) is 52.6 Å². The van der Waals surface area contributed by atoms with Crippen LogP contribution in [0.2, 0.25) is 0 Å². The van der Waals surface area contributed by atoms with Crippen molar-refractivity contribution in [2.75, 3.05) is 36.9 Å². The molecular weight excluding hydrogens is 402 g/mol. The molecule has 0 bridgehead atoms. The van der Waals surface area contributed by atoms with Crippen molar-refractivity contribution in [1.82, 2.24) is 14.9 Å². The Kier molecular flexibility index (Phi) is 5.70. The molecule has 0 saturated carbocycles. The number of aromatic nitrogens is 2. The van der Waals surface area contributed by atoms with E-state index in [0.29, 0.717) is 30.6 Å². The highest BCUT2D eigenvalue weighted by atomic mass is 16.5. The number of fused-ring (bicyclic) bond motifs is 1. The highest BCUT2D eigenvalue weighted by Gasteiger charge is 2.21. The highest BCUT2D eigenvalue weighted by Crippen LogP contribution is 2.17. The number of rotatable bonds is 4. The Bertz CT molecular complexity index is 1260. The fraction of sp³-hybridized carbons (Fsp3) is 0.292. The number of aromatic amines is 1. The summed E-state index contributed by atoms with van der Waals surface area (Å²) in [6, 6.07) is 16.2. The topological polar surface area (TPSA) is 89.9 Å². The van der Waals surface area contributed by atoms with Gasteiger partial charge in [-0.15, -0.1) is 0 Å². The zero-order chi connectivity index (χ0) is 21.9. The summed E-state index contributed by atoms with van der Waals surface area (Å²) in [5, 5.41) is 7.63. The molecule has 0 radical (unpaired) electrons. The van der Waals surface area contributed by atoms with Gasteiger partial charge in [-0.3, -0.25) is 4.90 Å². The van der Waals surface area contributed by atoms with Gasteiger partial charge in [-0.25, -0.2) is 4.99 Å². The third kappa shape index (κ3) is 4.42. The van der Waals surface area contributed by atoms with E-state index in [1.54, 1.807) is 0 Å². The van der Waals surface area contributed by atoms with E-state index < -0.39 is 0 Å². The number of hydrogen-bond acceptors (Lipinski definition) is 7. The van der Waals surface area contributed by atoms with E-state index in [1.165, 1.54) is 0 Å². The lowest BCUT2D eigenvalue weighted by Crippen LogP contribution is -2.43. The van der Waals surface area contributed by atoms with Crippen LogP contribution in [0.15, 0.2) is 58.5 Å². The van der Waals surface area contributed by atoms with Gasteiger partial charge in [-0.1, -0.05) is 36.4 Å². The fourth-order valence-electron chi connectivity index (χ4n) is 3.84. The van der Waals surface area contributed by atoms with E-state index in [-0.39, 0.29) is 6.17 Å². The van der Waals surface area contributed by atoms with Crippen molar-refractivity contribution in [3.8, 4) is 0 Å². The molecule has 2 aliphatic rings. The van der Waals surface area contributed by atoms with Crippen molar-refractivity contribution in [2.45, 2.75) is 20.0 Å². The molecule has 8 nitrogen and oxygen atoms in total. The number of aryl methyl sites for hydroxylation is 2. The monoisotopic (exact) mass is 429 g/mol. The van der Waals surface area contributed by atoms with E-state index in [0.717, 1.165) is 40.9 Å². The van der Waals surface area contributed by atoms with Gasteiger partial charge in [0.25, 0.3) is 0 Å². The summed E-state index contributed by atoms with van der Waals surface area (Å²) < 4.78 is 5.54. The van der Waals surface area contributed by atoms with Crippen LogP contribution in [-0.4, -0.2) is 53.3 Å². The van der Waals surface area contributed by atoms with Crippen LogP contribution >= 0.6 is 0 Å². The first-order chi connectivity index (χ1) is 15.7. The van der Waals surface area contributed by atoms with Crippen LogP contribution in [-0.2, 0) is 4.74 Å². The molecule has 2 aromatic carbocycles. The molecule has 1 saturated heterocycles. The number of H-pyrrole nitrogens is 1. The Morgan fingerprint density at radius 2 is 1.59 bits per heavy atom. The van der Waals surface area contributed by atoms with Crippen molar-refractivity contribution in [3.63, 3.8) is 0 Å². The Hall–Kier alpha value is -3.49. The van der Waals surface area contributed by atoms with Crippen LogP contribution in [0.1, 0.15) is 11.1 Å². The Morgan fingerprint density at radius 1 is 0.938 bits per heavy atom. The number of guanidine groups is 1. The fourth-order valence-corrected chi connectivity index (χ4v) is 3.84. The number of nitrogens with zero attached hydrogens (tertiary/aromatic N) is 4. The highest BCUT2D eigenvalue weighted by molar-refractivity contribution is 5.95. The molecular formula is C24H27N7O. The Labute approximate surface area is 186 Å². The zero-order valence-electron chi connectivity index (χ0n) is 18.3. The predicted molar refractivity (Wildman–Crippen MR) is 127 cm³/mol. The van der Waals surface area contributed by atoms with Gasteiger partial charge in [0.05, 0.1) is 18.6 Å². The lowest BCUT2D eigenvalue weighted by molar-refractivity contribution is 0.0296. The molecule has 3 aromatic rings. The normalized spacial score (nSPS) is 18.6. The van der Waals surface area contributed by atoms with Gasteiger partial charge in [-0.05, 0) is 43.2 Å². The standard InChI is InChI=1S/C24H27N7O/c1-16-7-3-5-9-18(16)25-23-27-20-15-21(31-11-13-32-14-12-31)28-24(30-22(20)29-23)26-19-10-6-4-8-17(19)2/h3-10,15,21H,11-14H2,1-2H3,(H3,25,26,27,28,29,30). The predicted octanol–water partition coefficient (Wildman–Crippen LogP) is 2.31. The summed E-state index contributed by atoms with van der Waals surface area (Å²) in [6.07, 6.45) is 1.93. The third-order valence-electron chi connectivity index (χ3n) is 5.70. The molecule has 1 aromatic heterocycles. The molecule has 3 heterocycles. The first-order valence-electron chi connectivity index (χ1n) is 10.9. The van der Waals surface area contributed by atoms with Crippen molar-refractivity contribution in [1.29, 1.82) is 0 Å². The number of benzene rings is 2. The molecule has 164 valence electrons. The molecule has 1 fully saturated rings. The summed E-state index contributed by atoms with van der Waals surface area (Å²) >= 11 is 0. The maximum absolute atomic E-state index is 5.54. The number of anilines is 3. The molecule has 0 spiro atoms. The van der Waals surface area contributed by atoms with Gasteiger partial charge in [-0.2, -0.15) is 9.98 Å². The minimum absolute atomic E-state index is 0.165. The second kappa shape index (κ2) is 8.94. The number of hydrogen-bond donors (Lipinski definition) is 3. The molecule has 8 heteroatoms. The molecule has 1 atom stereocenters. The number of nitrogens with one attached hydrogen (secondary N) is 3. The van der Waals surface area contributed by atoms with E-state index in [9.17, 15) is 0 Å². The quantitative estimate of drug-likeness (QED) is 0.592. The van der Waals surface area contributed by atoms with Crippen LogP contribution in [0.3, 0.4) is 0 Å². The number of morpholine rings is 1. The average Bonchev–Trinajstić information content (AvgIpc) is 3.09. The molecule has 2 aliphatic heterocycles. The second-order valence-electron chi connectivity index (χ2n) is 8.00. The van der Waals surface area contributed by atoms with Crippen LogP contribution in [0.4, 0.5) is 17.3 Å². The van der Waals surface area contributed by atoms with Crippen LogP contribution in [0.25, 0.3) is 6.08 Å². The summed E-state index contributed by atoms with van der Waals surface area (Å²) in [5.74, 6) is 1.20. The van der Waals surface area contributed by atoms with E-state index in [1.807, 2.05) is 36.4 Å².